The summed E-state index contributed by atoms with van der Waals surface area (Å²) in [6.45, 7) is 10.4. The molecule has 13 nitrogen and oxygen atoms in total. The van der Waals surface area contributed by atoms with Gasteiger partial charge in [-0.3, -0.25) is 24.0 Å². The lowest BCUT2D eigenvalue weighted by atomic mass is 9.44. The lowest BCUT2D eigenvalue weighted by Gasteiger charge is -2.60. The maximum Gasteiger partial charge on any atom is 0.339 e. The highest BCUT2D eigenvalue weighted by atomic mass is 16.7. The van der Waals surface area contributed by atoms with Crippen LogP contribution in [0.25, 0.3) is 0 Å². The van der Waals surface area contributed by atoms with E-state index in [0.29, 0.717) is 55.3 Å². The fourth-order valence-electron chi connectivity index (χ4n) is 11.1. The van der Waals surface area contributed by atoms with Crippen LogP contribution in [0.4, 0.5) is 0 Å². The molecular weight excluding hydrogens is 664 g/mol. The molecule has 0 N–H and O–H groups in total. The lowest BCUT2D eigenvalue weighted by Crippen LogP contribution is -2.64. The minimum atomic E-state index is -1.54. The zero-order valence-corrected chi connectivity index (χ0v) is 31.3. The van der Waals surface area contributed by atoms with Gasteiger partial charge in [0.05, 0.1) is 20.3 Å². The van der Waals surface area contributed by atoms with E-state index in [-0.39, 0.29) is 28.5 Å². The van der Waals surface area contributed by atoms with Gasteiger partial charge in [0.1, 0.15) is 5.78 Å². The molecule has 5 rings (SSSR count). The molecule has 13 heteroatoms. The number of methoxy groups -OCH3 is 2. The third-order valence-corrected chi connectivity index (χ3v) is 13.4. The molecule has 0 radical (unpaired) electrons. The van der Waals surface area contributed by atoms with Gasteiger partial charge in [-0.2, -0.15) is 0 Å². The average molecular weight is 721 g/mol. The SMILES string of the molecule is COC(=O)CC[C@@H](C)[C@H]1CC[C@H]2[C@@H]3CC(=O)[C@@H]4C[C@H](O[C@@H]5O[C@H](C(=O)OC)[C@@H](OC(C)=O)[C@H](OC(C)=O)[C@H]5OC(C)=O)CC[C@]4(C)[C@H]3CC[C@]12C. The van der Waals surface area contributed by atoms with Crippen molar-refractivity contribution >= 4 is 35.6 Å². The van der Waals surface area contributed by atoms with Crippen molar-refractivity contribution in [2.75, 3.05) is 14.2 Å². The third kappa shape index (κ3) is 7.70. The van der Waals surface area contributed by atoms with Crippen molar-refractivity contribution in [2.24, 2.45) is 46.3 Å². The summed E-state index contributed by atoms with van der Waals surface area (Å²) in [6, 6.07) is 0. The first-order chi connectivity index (χ1) is 24.0. The van der Waals surface area contributed by atoms with Crippen LogP contribution in [0.1, 0.15) is 106 Å². The summed E-state index contributed by atoms with van der Waals surface area (Å²) in [5, 5.41) is 0. The van der Waals surface area contributed by atoms with E-state index in [0.717, 1.165) is 59.5 Å². The largest absolute Gasteiger partial charge is 0.469 e. The van der Waals surface area contributed by atoms with Crippen LogP contribution in [0.5, 0.6) is 0 Å². The van der Waals surface area contributed by atoms with Crippen LogP contribution in [-0.4, -0.2) is 86.7 Å². The van der Waals surface area contributed by atoms with E-state index in [1.54, 1.807) is 0 Å². The Morgan fingerprint density at radius 3 is 2.04 bits per heavy atom. The van der Waals surface area contributed by atoms with Crippen molar-refractivity contribution in [3.63, 3.8) is 0 Å². The van der Waals surface area contributed by atoms with E-state index >= 15 is 0 Å². The van der Waals surface area contributed by atoms with Gasteiger partial charge in [0.15, 0.2) is 30.7 Å². The van der Waals surface area contributed by atoms with Crippen molar-refractivity contribution in [2.45, 2.75) is 143 Å². The summed E-state index contributed by atoms with van der Waals surface area (Å²) in [5.74, 6) is -1.28. The second-order valence-electron chi connectivity index (χ2n) is 16.1. The number of fused-ring (bicyclic) bond motifs is 5. The van der Waals surface area contributed by atoms with Crippen LogP contribution in [0, 0.1) is 46.3 Å². The van der Waals surface area contributed by atoms with Crippen molar-refractivity contribution in [3.8, 4) is 0 Å². The lowest BCUT2D eigenvalue weighted by molar-refractivity contribution is -0.314. The molecule has 0 spiro atoms. The van der Waals surface area contributed by atoms with Gasteiger partial charge in [-0.05, 0) is 91.8 Å². The molecule has 14 atom stereocenters. The Balaban J connectivity index is 1.33. The molecule has 5 fully saturated rings. The summed E-state index contributed by atoms with van der Waals surface area (Å²) in [6.07, 6.45) is 0.179. The molecule has 0 aromatic carbocycles. The number of ether oxygens (including phenoxy) is 7. The summed E-state index contributed by atoms with van der Waals surface area (Å²) in [4.78, 5) is 75.5. The normalized spacial score (nSPS) is 40.8. The molecule has 1 saturated heterocycles. The Bertz CT molecular complexity index is 1360. The monoisotopic (exact) mass is 720 g/mol. The topological polar surface area (TPSA) is 167 Å². The number of esters is 5. The van der Waals surface area contributed by atoms with Gasteiger partial charge >= 0.3 is 29.8 Å². The average Bonchev–Trinajstić information content (AvgIpc) is 3.43. The first-order valence-corrected chi connectivity index (χ1v) is 18.5. The predicted octanol–water partition coefficient (Wildman–Crippen LogP) is 4.49. The number of ketones is 1. The van der Waals surface area contributed by atoms with Crippen molar-refractivity contribution in [1.29, 1.82) is 0 Å². The van der Waals surface area contributed by atoms with E-state index in [1.165, 1.54) is 14.0 Å². The van der Waals surface area contributed by atoms with E-state index < -0.39 is 60.7 Å². The Morgan fingerprint density at radius 1 is 0.804 bits per heavy atom. The first kappa shape index (κ1) is 39.2. The molecule has 286 valence electrons. The summed E-state index contributed by atoms with van der Waals surface area (Å²) >= 11 is 0. The first-order valence-electron chi connectivity index (χ1n) is 18.5. The highest BCUT2D eigenvalue weighted by molar-refractivity contribution is 5.83. The fourth-order valence-corrected chi connectivity index (χ4v) is 11.1. The van der Waals surface area contributed by atoms with Gasteiger partial charge in [0, 0.05) is 39.5 Å². The van der Waals surface area contributed by atoms with Crippen molar-refractivity contribution < 1.29 is 61.9 Å². The fraction of sp³-hybridized carbons (Fsp3) is 0.842. The molecule has 1 heterocycles. The molecule has 0 aromatic heterocycles. The Hall–Kier alpha value is -3.06. The smallest absolute Gasteiger partial charge is 0.339 e. The molecule has 1 aliphatic heterocycles. The molecule has 0 unspecified atom stereocenters. The Kier molecular flexibility index (Phi) is 11.9. The van der Waals surface area contributed by atoms with E-state index in [2.05, 4.69) is 20.8 Å². The summed E-state index contributed by atoms with van der Waals surface area (Å²) in [7, 11) is 2.57. The number of hydrogen-bond acceptors (Lipinski definition) is 13. The van der Waals surface area contributed by atoms with Crippen LogP contribution >= 0.6 is 0 Å². The van der Waals surface area contributed by atoms with Gasteiger partial charge < -0.3 is 33.2 Å². The van der Waals surface area contributed by atoms with Crippen LogP contribution in [0.2, 0.25) is 0 Å². The number of carbonyl (C=O) groups excluding carboxylic acids is 6. The Morgan fingerprint density at radius 2 is 1.41 bits per heavy atom. The minimum absolute atomic E-state index is 0.128. The van der Waals surface area contributed by atoms with Crippen LogP contribution < -0.4 is 0 Å². The number of hydrogen-bond donors (Lipinski definition) is 0. The van der Waals surface area contributed by atoms with Crippen LogP contribution in [0.15, 0.2) is 0 Å². The minimum Gasteiger partial charge on any atom is -0.469 e. The maximum atomic E-state index is 14.2. The van der Waals surface area contributed by atoms with Gasteiger partial charge in [-0.25, -0.2) is 4.79 Å². The van der Waals surface area contributed by atoms with Gasteiger partial charge in [-0.15, -0.1) is 0 Å². The quantitative estimate of drug-likeness (QED) is 0.176. The standard InChI is InChI=1S/C38H56O13/c1-19(9-12-30(43)45-7)25-10-11-26-24-18-29(42)28-17-23(13-15-38(28,6)27(24)14-16-37(25,26)5)50-36-34(49-22(4)41)32(48-21(3)40)31(47-20(2)39)33(51-36)35(44)46-8/h19,23-28,31-34,36H,9-18H2,1-8H3/t19-,23-,24+,25-,26+,27+,28+,31+,32+,33+,34-,36-,37-,38-/m1/s1. The number of rotatable bonds is 10. The van der Waals surface area contributed by atoms with Crippen molar-refractivity contribution in [1.82, 2.24) is 0 Å². The van der Waals surface area contributed by atoms with Crippen LogP contribution in [0.3, 0.4) is 0 Å². The van der Waals surface area contributed by atoms with Crippen LogP contribution in [-0.2, 0) is 61.9 Å². The zero-order chi connectivity index (χ0) is 37.4. The van der Waals surface area contributed by atoms with E-state index in [4.69, 9.17) is 33.2 Å². The molecule has 0 amide bonds. The van der Waals surface area contributed by atoms with Gasteiger partial charge in [0.2, 0.25) is 0 Å². The van der Waals surface area contributed by atoms with E-state index in [1.807, 2.05) is 0 Å². The number of carbonyl (C=O) groups is 6. The summed E-state index contributed by atoms with van der Waals surface area (Å²) in [5.41, 5.74) is -0.0864. The second-order valence-corrected chi connectivity index (χ2v) is 16.1. The summed E-state index contributed by atoms with van der Waals surface area (Å²) < 4.78 is 38.7. The van der Waals surface area contributed by atoms with E-state index in [9.17, 15) is 28.8 Å². The number of Topliss-reactive ketones (excluding diaryl/α,β-unsaturated/α-hetero) is 1. The second kappa shape index (κ2) is 15.5. The zero-order valence-electron chi connectivity index (χ0n) is 31.3. The molecule has 4 aliphatic carbocycles. The molecular formula is C38H56O13. The van der Waals surface area contributed by atoms with Gasteiger partial charge in [-0.1, -0.05) is 20.8 Å². The maximum absolute atomic E-state index is 14.2. The Labute approximate surface area is 300 Å². The molecule has 5 aliphatic rings. The molecule has 51 heavy (non-hydrogen) atoms. The molecule has 4 saturated carbocycles. The molecule has 0 bridgehead atoms. The predicted molar refractivity (Wildman–Crippen MR) is 178 cm³/mol. The van der Waals surface area contributed by atoms with Crippen molar-refractivity contribution in [3.05, 3.63) is 0 Å². The highest BCUT2D eigenvalue weighted by Crippen LogP contribution is 2.68. The third-order valence-electron chi connectivity index (χ3n) is 13.4. The van der Waals surface area contributed by atoms with Gasteiger partial charge in [0.25, 0.3) is 0 Å². The highest BCUT2D eigenvalue weighted by Gasteiger charge is 2.63. The molecule has 0 aromatic rings.